The molecule has 0 radical (unpaired) electrons. The number of hydrogen-bond donors (Lipinski definition) is 1. The zero-order chi connectivity index (χ0) is 22.1. The van der Waals surface area contributed by atoms with E-state index in [0.717, 1.165) is 5.75 Å². The molecule has 0 spiro atoms. The van der Waals surface area contributed by atoms with E-state index in [-0.39, 0.29) is 18.3 Å². The van der Waals surface area contributed by atoms with Gasteiger partial charge in [0.15, 0.2) is 11.0 Å². The molecule has 0 unspecified atom stereocenters. The molecule has 9 heteroatoms. The number of carbonyl (C=O) groups is 1. The van der Waals surface area contributed by atoms with Crippen molar-refractivity contribution in [1.29, 1.82) is 0 Å². The molecule has 0 saturated carbocycles. The number of thioether (sulfide) groups is 1. The Morgan fingerprint density at radius 1 is 1.13 bits per heavy atom. The lowest BCUT2D eigenvalue weighted by atomic mass is 10.2. The first kappa shape index (κ1) is 22.2. The van der Waals surface area contributed by atoms with Gasteiger partial charge < -0.3 is 19.5 Å². The number of carbonyl (C=O) groups excluding carboxylic acids is 1. The molecule has 31 heavy (non-hydrogen) atoms. The van der Waals surface area contributed by atoms with Gasteiger partial charge >= 0.3 is 0 Å². The summed E-state index contributed by atoms with van der Waals surface area (Å²) in [4.78, 5) is 12.5. The van der Waals surface area contributed by atoms with E-state index < -0.39 is 0 Å². The van der Waals surface area contributed by atoms with Crippen LogP contribution in [0.2, 0.25) is 0 Å². The zero-order valence-electron chi connectivity index (χ0n) is 17.4. The summed E-state index contributed by atoms with van der Waals surface area (Å²) < 4.78 is 18.1. The highest BCUT2D eigenvalue weighted by Gasteiger charge is 2.15. The van der Waals surface area contributed by atoms with Crippen LogP contribution < -0.4 is 19.5 Å². The highest BCUT2D eigenvalue weighted by Crippen LogP contribution is 2.29. The minimum Gasteiger partial charge on any atom is -0.497 e. The number of para-hydroxylation sites is 1. The molecule has 0 saturated heterocycles. The Balaban J connectivity index is 1.62. The first-order chi connectivity index (χ1) is 15.1. The van der Waals surface area contributed by atoms with Gasteiger partial charge in [0.05, 0.1) is 25.7 Å². The minimum absolute atomic E-state index is 0.157. The number of anilines is 1. The highest BCUT2D eigenvalue weighted by molar-refractivity contribution is 7.99. The number of allylic oxidation sites excluding steroid dienone is 1. The molecular weight excluding hydrogens is 416 g/mol. The first-order valence-electron chi connectivity index (χ1n) is 9.50. The van der Waals surface area contributed by atoms with Crippen molar-refractivity contribution in [3.63, 3.8) is 0 Å². The molecule has 0 aliphatic rings. The monoisotopic (exact) mass is 440 g/mol. The number of amides is 1. The van der Waals surface area contributed by atoms with Gasteiger partial charge in [-0.1, -0.05) is 36.0 Å². The maximum Gasteiger partial charge on any atom is 0.234 e. The molecule has 0 aliphatic carbocycles. The third kappa shape index (κ3) is 6.02. The Labute approximate surface area is 185 Å². The lowest BCUT2D eigenvalue weighted by Gasteiger charge is -2.12. The van der Waals surface area contributed by atoms with E-state index in [0.29, 0.717) is 34.7 Å². The summed E-state index contributed by atoms with van der Waals surface area (Å²) in [5.74, 6) is 2.54. The van der Waals surface area contributed by atoms with Crippen LogP contribution in [0.15, 0.2) is 66.3 Å². The van der Waals surface area contributed by atoms with Gasteiger partial charge in [0.25, 0.3) is 0 Å². The van der Waals surface area contributed by atoms with Gasteiger partial charge in [0.2, 0.25) is 5.91 Å². The molecule has 3 aromatic rings. The van der Waals surface area contributed by atoms with Crippen LogP contribution in [-0.2, 0) is 17.9 Å². The van der Waals surface area contributed by atoms with Crippen LogP contribution in [0.25, 0.3) is 0 Å². The number of hydrogen-bond acceptors (Lipinski definition) is 7. The van der Waals surface area contributed by atoms with Gasteiger partial charge in [-0.25, -0.2) is 0 Å². The maximum atomic E-state index is 12.5. The number of methoxy groups -OCH3 is 2. The van der Waals surface area contributed by atoms with Gasteiger partial charge in [-0.3, -0.25) is 9.36 Å². The highest BCUT2D eigenvalue weighted by atomic mass is 32.2. The van der Waals surface area contributed by atoms with Crippen molar-refractivity contribution in [2.45, 2.75) is 18.3 Å². The topological polar surface area (TPSA) is 87.5 Å². The van der Waals surface area contributed by atoms with E-state index in [4.69, 9.17) is 14.2 Å². The van der Waals surface area contributed by atoms with Gasteiger partial charge in [0, 0.05) is 12.6 Å². The molecule has 3 rings (SSSR count). The second kappa shape index (κ2) is 11.1. The van der Waals surface area contributed by atoms with Crippen molar-refractivity contribution in [3.8, 4) is 17.2 Å². The minimum atomic E-state index is -0.191. The van der Waals surface area contributed by atoms with Crippen LogP contribution in [0.1, 0.15) is 5.82 Å². The number of ether oxygens (including phenoxy) is 3. The van der Waals surface area contributed by atoms with Crippen LogP contribution in [0.3, 0.4) is 0 Å². The second-order valence-corrected chi connectivity index (χ2v) is 7.25. The average molecular weight is 441 g/mol. The number of nitrogens with zero attached hydrogens (tertiary/aromatic N) is 3. The normalized spacial score (nSPS) is 10.4. The number of rotatable bonds is 11. The summed E-state index contributed by atoms with van der Waals surface area (Å²) in [6.45, 7) is 4.57. The van der Waals surface area contributed by atoms with E-state index in [9.17, 15) is 4.79 Å². The predicted octanol–water partition coefficient (Wildman–Crippen LogP) is 3.79. The van der Waals surface area contributed by atoms with Crippen LogP contribution in [0, 0.1) is 0 Å². The van der Waals surface area contributed by atoms with E-state index in [1.807, 2.05) is 34.9 Å². The van der Waals surface area contributed by atoms with Crippen LogP contribution in [0.5, 0.6) is 17.2 Å². The van der Waals surface area contributed by atoms with E-state index >= 15 is 0 Å². The van der Waals surface area contributed by atoms with Gasteiger partial charge in [-0.2, -0.15) is 0 Å². The standard InChI is InChI=1S/C22H24N4O4S/c1-4-12-26-20(14-30-16-8-6-5-7-9-16)24-25-22(26)31-15-21(27)23-18-11-10-17(28-2)13-19(18)29-3/h4-11,13H,1,12,14-15H2,2-3H3,(H,23,27). The fraction of sp³-hybridized carbons (Fsp3) is 0.227. The fourth-order valence-electron chi connectivity index (χ4n) is 2.73. The second-order valence-electron chi connectivity index (χ2n) is 6.30. The number of nitrogens with one attached hydrogen (secondary N) is 1. The Bertz CT molecular complexity index is 1020. The molecule has 162 valence electrons. The van der Waals surface area contributed by atoms with Crippen molar-refractivity contribution in [2.24, 2.45) is 0 Å². The molecule has 0 fully saturated rings. The van der Waals surface area contributed by atoms with E-state index in [1.165, 1.54) is 18.9 Å². The molecule has 8 nitrogen and oxygen atoms in total. The van der Waals surface area contributed by atoms with Crippen LogP contribution in [-0.4, -0.2) is 40.6 Å². The molecule has 1 heterocycles. The summed E-state index contributed by atoms with van der Waals surface area (Å²) >= 11 is 1.29. The molecule has 1 amide bonds. The molecule has 0 atom stereocenters. The first-order valence-corrected chi connectivity index (χ1v) is 10.5. The summed E-state index contributed by atoms with van der Waals surface area (Å²) in [6, 6.07) is 14.7. The van der Waals surface area contributed by atoms with Gasteiger partial charge in [0.1, 0.15) is 23.9 Å². The summed E-state index contributed by atoms with van der Waals surface area (Å²) in [5, 5.41) is 11.9. The van der Waals surface area contributed by atoms with E-state index in [2.05, 4.69) is 22.1 Å². The lowest BCUT2D eigenvalue weighted by Crippen LogP contribution is -2.15. The molecule has 0 aliphatic heterocycles. The summed E-state index contributed by atoms with van der Waals surface area (Å²) in [6.07, 6.45) is 1.75. The molecule has 2 aromatic carbocycles. The Morgan fingerprint density at radius 3 is 2.65 bits per heavy atom. The Kier molecular flexibility index (Phi) is 7.94. The molecule has 1 N–H and O–H groups in total. The van der Waals surface area contributed by atoms with Crippen LogP contribution in [0.4, 0.5) is 5.69 Å². The van der Waals surface area contributed by atoms with Gasteiger partial charge in [-0.05, 0) is 24.3 Å². The third-order valence-corrected chi connectivity index (χ3v) is 5.20. The lowest BCUT2D eigenvalue weighted by molar-refractivity contribution is -0.113. The SMILES string of the molecule is C=CCn1c(COc2ccccc2)nnc1SCC(=O)Nc1ccc(OC)cc1OC. The largest absolute Gasteiger partial charge is 0.497 e. The van der Waals surface area contributed by atoms with Crippen molar-refractivity contribution < 1.29 is 19.0 Å². The maximum absolute atomic E-state index is 12.5. The predicted molar refractivity (Wildman–Crippen MR) is 120 cm³/mol. The van der Waals surface area contributed by atoms with Gasteiger partial charge in [-0.15, -0.1) is 16.8 Å². The van der Waals surface area contributed by atoms with Crippen LogP contribution >= 0.6 is 11.8 Å². The molecule has 1 aromatic heterocycles. The van der Waals surface area contributed by atoms with Crippen molar-refractivity contribution in [2.75, 3.05) is 25.3 Å². The quantitative estimate of drug-likeness (QED) is 0.358. The average Bonchev–Trinajstić information content (AvgIpc) is 3.19. The third-order valence-electron chi connectivity index (χ3n) is 4.23. The van der Waals surface area contributed by atoms with Crippen molar-refractivity contribution in [3.05, 3.63) is 67.0 Å². The number of aromatic nitrogens is 3. The fourth-order valence-corrected chi connectivity index (χ4v) is 3.49. The van der Waals surface area contributed by atoms with Crippen molar-refractivity contribution >= 4 is 23.4 Å². The zero-order valence-corrected chi connectivity index (χ0v) is 18.2. The smallest absolute Gasteiger partial charge is 0.234 e. The molecule has 0 bridgehead atoms. The molecular formula is C22H24N4O4S. The number of benzene rings is 2. The summed E-state index contributed by atoms with van der Waals surface area (Å²) in [7, 11) is 3.11. The summed E-state index contributed by atoms with van der Waals surface area (Å²) in [5.41, 5.74) is 0.568. The Hall–Kier alpha value is -3.46. The van der Waals surface area contributed by atoms with E-state index in [1.54, 1.807) is 31.4 Å². The van der Waals surface area contributed by atoms with Crippen molar-refractivity contribution in [1.82, 2.24) is 14.8 Å². The Morgan fingerprint density at radius 2 is 1.94 bits per heavy atom.